The average Bonchev–Trinajstić information content (AvgIpc) is 2.72. The molecule has 29 heavy (non-hydrogen) atoms. The minimum Gasteiger partial charge on any atom is -0.481 e. The van der Waals surface area contributed by atoms with Crippen molar-refractivity contribution in [1.82, 2.24) is 0 Å². The molecule has 0 saturated heterocycles. The second kappa shape index (κ2) is 17.3. The standard InChI is InChI=1S/C26H43NO2/c1-2-3-4-5-6-7-8-9-10-14-17-24(20-21-27)25(22-26(28)29)19-18-23-15-12-11-13-16-23/h7-8,11-13,15-16,24-25H,2-6,9-10,14,17-22,27H2,1H3,(H,28,29)/b8-7-/t24-,25-/m1/s1. The monoisotopic (exact) mass is 401 g/mol. The lowest BCUT2D eigenvalue weighted by atomic mass is 9.80. The second-order valence-corrected chi connectivity index (χ2v) is 8.32. The first-order valence-electron chi connectivity index (χ1n) is 11.8. The van der Waals surface area contributed by atoms with Crippen molar-refractivity contribution < 1.29 is 9.90 Å². The summed E-state index contributed by atoms with van der Waals surface area (Å²) in [5.41, 5.74) is 7.16. The van der Waals surface area contributed by atoms with Crippen LogP contribution < -0.4 is 5.73 Å². The van der Waals surface area contributed by atoms with Crippen molar-refractivity contribution in [2.45, 2.75) is 90.4 Å². The van der Waals surface area contributed by atoms with E-state index in [0.717, 1.165) is 38.5 Å². The Kier molecular flexibility index (Phi) is 15.1. The summed E-state index contributed by atoms with van der Waals surface area (Å²) in [6, 6.07) is 10.4. The molecule has 0 aromatic heterocycles. The molecule has 0 aliphatic carbocycles. The molecular formula is C26H43NO2. The van der Waals surface area contributed by atoms with E-state index in [-0.39, 0.29) is 12.3 Å². The summed E-state index contributed by atoms with van der Waals surface area (Å²) < 4.78 is 0. The molecule has 2 atom stereocenters. The van der Waals surface area contributed by atoms with Gasteiger partial charge in [-0.3, -0.25) is 4.79 Å². The Labute approximate surface area is 178 Å². The van der Waals surface area contributed by atoms with E-state index in [4.69, 9.17) is 5.73 Å². The van der Waals surface area contributed by atoms with Gasteiger partial charge in [0.15, 0.2) is 0 Å². The van der Waals surface area contributed by atoms with Crippen molar-refractivity contribution >= 4 is 5.97 Å². The molecule has 0 aliphatic rings. The number of aliphatic carboxylic acids is 1. The highest BCUT2D eigenvalue weighted by atomic mass is 16.4. The minimum absolute atomic E-state index is 0.213. The maximum atomic E-state index is 11.4. The van der Waals surface area contributed by atoms with E-state index >= 15 is 0 Å². The summed E-state index contributed by atoms with van der Waals surface area (Å²) in [4.78, 5) is 11.4. The van der Waals surface area contributed by atoms with E-state index in [1.165, 1.54) is 44.1 Å². The van der Waals surface area contributed by atoms with Crippen molar-refractivity contribution in [3.05, 3.63) is 48.0 Å². The molecule has 164 valence electrons. The number of benzene rings is 1. The maximum Gasteiger partial charge on any atom is 0.303 e. The van der Waals surface area contributed by atoms with Gasteiger partial charge >= 0.3 is 5.97 Å². The van der Waals surface area contributed by atoms with E-state index in [1.54, 1.807) is 0 Å². The molecule has 0 spiro atoms. The topological polar surface area (TPSA) is 63.3 Å². The van der Waals surface area contributed by atoms with E-state index in [9.17, 15) is 9.90 Å². The number of hydrogen-bond donors (Lipinski definition) is 2. The van der Waals surface area contributed by atoms with Gasteiger partial charge < -0.3 is 10.8 Å². The maximum absolute atomic E-state index is 11.4. The highest BCUT2D eigenvalue weighted by molar-refractivity contribution is 5.67. The van der Waals surface area contributed by atoms with Crippen molar-refractivity contribution in [3.8, 4) is 0 Å². The van der Waals surface area contributed by atoms with Crippen LogP contribution in [-0.4, -0.2) is 17.6 Å². The van der Waals surface area contributed by atoms with Crippen molar-refractivity contribution in [2.75, 3.05) is 6.54 Å². The molecule has 0 unspecified atom stereocenters. The zero-order chi connectivity index (χ0) is 21.2. The average molecular weight is 402 g/mol. The first-order chi connectivity index (χ1) is 14.2. The number of rotatable bonds is 18. The molecular weight excluding hydrogens is 358 g/mol. The Balaban J connectivity index is 2.40. The van der Waals surface area contributed by atoms with Gasteiger partial charge in [0.2, 0.25) is 0 Å². The van der Waals surface area contributed by atoms with Gasteiger partial charge in [-0.05, 0) is 68.9 Å². The number of aryl methyl sites for hydroxylation is 1. The predicted octanol–water partition coefficient (Wildman–Crippen LogP) is 6.76. The summed E-state index contributed by atoms with van der Waals surface area (Å²) in [6.45, 7) is 2.89. The number of carboxylic acid groups (broad SMARTS) is 1. The van der Waals surface area contributed by atoms with Gasteiger partial charge in [-0.15, -0.1) is 0 Å². The Morgan fingerprint density at radius 1 is 0.931 bits per heavy atom. The lowest BCUT2D eigenvalue weighted by molar-refractivity contribution is -0.138. The SMILES string of the molecule is CCCCCC/C=C\CCCC[C@H](CCN)[C@H](CCc1ccccc1)CC(=O)O. The van der Waals surface area contributed by atoms with Crippen LogP contribution in [0.3, 0.4) is 0 Å². The van der Waals surface area contributed by atoms with Crippen LogP contribution in [-0.2, 0) is 11.2 Å². The van der Waals surface area contributed by atoms with Gasteiger partial charge in [0, 0.05) is 6.42 Å². The first kappa shape index (κ1) is 25.4. The molecule has 1 rings (SSSR count). The minimum atomic E-state index is -0.684. The van der Waals surface area contributed by atoms with Crippen molar-refractivity contribution in [3.63, 3.8) is 0 Å². The van der Waals surface area contributed by atoms with Crippen LogP contribution in [0, 0.1) is 11.8 Å². The Bertz CT molecular complexity index is 541. The lowest BCUT2D eigenvalue weighted by Crippen LogP contribution is -2.22. The molecule has 0 heterocycles. The van der Waals surface area contributed by atoms with E-state index in [2.05, 4.69) is 43.3 Å². The lowest BCUT2D eigenvalue weighted by Gasteiger charge is -2.26. The smallest absolute Gasteiger partial charge is 0.303 e. The summed E-state index contributed by atoms with van der Waals surface area (Å²) in [5.74, 6) is -0.0562. The zero-order valence-corrected chi connectivity index (χ0v) is 18.5. The number of hydrogen-bond acceptors (Lipinski definition) is 2. The van der Waals surface area contributed by atoms with Crippen molar-refractivity contribution in [2.24, 2.45) is 17.6 Å². The molecule has 0 radical (unpaired) electrons. The normalized spacial score (nSPS) is 13.6. The van der Waals surface area contributed by atoms with Gasteiger partial charge in [-0.1, -0.05) is 81.5 Å². The fourth-order valence-electron chi connectivity index (χ4n) is 4.15. The van der Waals surface area contributed by atoms with Crippen LogP contribution in [0.5, 0.6) is 0 Å². The highest BCUT2D eigenvalue weighted by Crippen LogP contribution is 2.29. The molecule has 0 fully saturated rings. The summed E-state index contributed by atoms with van der Waals surface area (Å²) in [6.07, 6.45) is 18.8. The summed E-state index contributed by atoms with van der Waals surface area (Å²) >= 11 is 0. The quantitative estimate of drug-likeness (QED) is 0.211. The van der Waals surface area contributed by atoms with E-state index in [1.807, 2.05) is 6.07 Å². The fourth-order valence-corrected chi connectivity index (χ4v) is 4.15. The number of carboxylic acids is 1. The molecule has 1 aromatic rings. The number of allylic oxidation sites excluding steroid dienone is 2. The number of carbonyl (C=O) groups is 1. The third-order valence-corrected chi connectivity index (χ3v) is 5.87. The van der Waals surface area contributed by atoms with Gasteiger partial charge in [-0.25, -0.2) is 0 Å². The van der Waals surface area contributed by atoms with Gasteiger partial charge in [0.25, 0.3) is 0 Å². The highest BCUT2D eigenvalue weighted by Gasteiger charge is 2.23. The number of unbranched alkanes of at least 4 members (excludes halogenated alkanes) is 6. The predicted molar refractivity (Wildman–Crippen MR) is 124 cm³/mol. The Morgan fingerprint density at radius 2 is 1.62 bits per heavy atom. The van der Waals surface area contributed by atoms with Crippen LogP contribution in [0.2, 0.25) is 0 Å². The largest absolute Gasteiger partial charge is 0.481 e. The third-order valence-electron chi connectivity index (χ3n) is 5.87. The Morgan fingerprint density at radius 3 is 2.24 bits per heavy atom. The third kappa shape index (κ3) is 13.3. The van der Waals surface area contributed by atoms with E-state index in [0.29, 0.717) is 12.5 Å². The van der Waals surface area contributed by atoms with Crippen molar-refractivity contribution in [1.29, 1.82) is 0 Å². The van der Waals surface area contributed by atoms with Gasteiger partial charge in [-0.2, -0.15) is 0 Å². The molecule has 0 bridgehead atoms. The van der Waals surface area contributed by atoms with Gasteiger partial charge in [0.05, 0.1) is 0 Å². The number of nitrogens with two attached hydrogens (primary N) is 1. The van der Waals surface area contributed by atoms with Crippen LogP contribution in [0.25, 0.3) is 0 Å². The van der Waals surface area contributed by atoms with Crippen LogP contribution in [0.4, 0.5) is 0 Å². The zero-order valence-electron chi connectivity index (χ0n) is 18.5. The molecule has 0 aliphatic heterocycles. The molecule has 3 N–H and O–H groups in total. The first-order valence-corrected chi connectivity index (χ1v) is 11.8. The second-order valence-electron chi connectivity index (χ2n) is 8.32. The van der Waals surface area contributed by atoms with E-state index < -0.39 is 5.97 Å². The molecule has 3 heteroatoms. The molecule has 0 saturated carbocycles. The molecule has 3 nitrogen and oxygen atoms in total. The fraction of sp³-hybridized carbons (Fsp3) is 0.654. The summed E-state index contributed by atoms with van der Waals surface area (Å²) in [7, 11) is 0. The van der Waals surface area contributed by atoms with Gasteiger partial charge in [0.1, 0.15) is 0 Å². The molecule has 0 amide bonds. The van der Waals surface area contributed by atoms with Crippen LogP contribution in [0.1, 0.15) is 89.5 Å². The Hall–Kier alpha value is -1.61. The van der Waals surface area contributed by atoms with Crippen LogP contribution in [0.15, 0.2) is 42.5 Å². The van der Waals surface area contributed by atoms with Crippen LogP contribution >= 0.6 is 0 Å². The molecule has 1 aromatic carbocycles. The summed E-state index contributed by atoms with van der Waals surface area (Å²) in [5, 5.41) is 9.40.